The fourth-order valence-electron chi connectivity index (χ4n) is 1.49. The minimum absolute atomic E-state index is 0.499. The monoisotopic (exact) mass is 285 g/mol. The van der Waals surface area contributed by atoms with Crippen molar-refractivity contribution in [2.24, 2.45) is 0 Å². The minimum atomic E-state index is 0.499. The molecule has 2 rings (SSSR count). The van der Waals surface area contributed by atoms with Gasteiger partial charge >= 0.3 is 0 Å². The molecule has 2 nitrogen and oxygen atoms in total. The second-order valence-corrected chi connectivity index (χ2v) is 5.35. The number of nitrogens with zero attached hydrogens (tertiary/aromatic N) is 1. The maximum Gasteiger partial charge on any atom is 0.169 e. The third-order valence-electron chi connectivity index (χ3n) is 2.32. The van der Waals surface area contributed by atoms with E-state index in [1.54, 1.807) is 12.1 Å². The standard InChI is InChI=1S/C12H9Cl2NOS/c1-2-11-10(6-16)15-12(17-11)8-4-3-7(13)5-9(8)14/h3-6H,2H2,1H3. The Labute approximate surface area is 113 Å². The van der Waals surface area contributed by atoms with Gasteiger partial charge in [0.15, 0.2) is 6.29 Å². The zero-order valence-corrected chi connectivity index (χ0v) is 11.4. The van der Waals surface area contributed by atoms with Gasteiger partial charge in [-0.25, -0.2) is 4.98 Å². The summed E-state index contributed by atoms with van der Waals surface area (Å²) in [7, 11) is 0. The Morgan fingerprint density at radius 3 is 2.71 bits per heavy atom. The molecule has 0 bridgehead atoms. The highest BCUT2D eigenvalue weighted by Crippen LogP contribution is 2.34. The van der Waals surface area contributed by atoms with Gasteiger partial charge < -0.3 is 0 Å². The predicted octanol–water partition coefficient (Wildman–Crippen LogP) is 4.49. The van der Waals surface area contributed by atoms with Gasteiger partial charge in [-0.1, -0.05) is 30.1 Å². The van der Waals surface area contributed by atoms with Crippen molar-refractivity contribution >= 4 is 40.8 Å². The summed E-state index contributed by atoms with van der Waals surface area (Å²) in [6, 6.07) is 5.25. The van der Waals surface area contributed by atoms with Crippen molar-refractivity contribution < 1.29 is 4.79 Å². The molecule has 0 saturated carbocycles. The second-order valence-electron chi connectivity index (χ2n) is 3.42. The van der Waals surface area contributed by atoms with Gasteiger partial charge in [-0.3, -0.25) is 4.79 Å². The van der Waals surface area contributed by atoms with Crippen molar-refractivity contribution in [1.82, 2.24) is 4.98 Å². The molecule has 0 saturated heterocycles. The van der Waals surface area contributed by atoms with Gasteiger partial charge in [0, 0.05) is 15.5 Å². The maximum absolute atomic E-state index is 10.9. The van der Waals surface area contributed by atoms with Crippen LogP contribution < -0.4 is 0 Å². The summed E-state index contributed by atoms with van der Waals surface area (Å²) in [6.45, 7) is 1.99. The van der Waals surface area contributed by atoms with Gasteiger partial charge in [-0.2, -0.15) is 0 Å². The first-order valence-electron chi connectivity index (χ1n) is 5.06. The quantitative estimate of drug-likeness (QED) is 0.778. The third-order valence-corrected chi connectivity index (χ3v) is 4.12. The van der Waals surface area contributed by atoms with Crippen LogP contribution >= 0.6 is 34.5 Å². The van der Waals surface area contributed by atoms with Crippen molar-refractivity contribution in [2.45, 2.75) is 13.3 Å². The van der Waals surface area contributed by atoms with E-state index in [1.165, 1.54) is 11.3 Å². The van der Waals surface area contributed by atoms with E-state index in [9.17, 15) is 4.79 Å². The molecule has 0 unspecified atom stereocenters. The van der Waals surface area contributed by atoms with Crippen LogP contribution in [0.1, 0.15) is 22.3 Å². The number of rotatable bonds is 3. The Morgan fingerprint density at radius 1 is 1.41 bits per heavy atom. The van der Waals surface area contributed by atoms with Crippen LogP contribution in [-0.2, 0) is 6.42 Å². The molecule has 0 atom stereocenters. The number of benzene rings is 1. The highest BCUT2D eigenvalue weighted by molar-refractivity contribution is 7.15. The molecule has 1 aromatic carbocycles. The van der Waals surface area contributed by atoms with Crippen molar-refractivity contribution in [1.29, 1.82) is 0 Å². The first kappa shape index (κ1) is 12.6. The molecule has 0 aliphatic heterocycles. The first-order valence-corrected chi connectivity index (χ1v) is 6.63. The van der Waals surface area contributed by atoms with Gasteiger partial charge in [0.1, 0.15) is 10.7 Å². The number of carbonyl (C=O) groups is 1. The Hall–Kier alpha value is -0.900. The van der Waals surface area contributed by atoms with Gasteiger partial charge in [0.05, 0.1) is 5.02 Å². The molecule has 17 heavy (non-hydrogen) atoms. The molecular weight excluding hydrogens is 277 g/mol. The van der Waals surface area contributed by atoms with E-state index < -0.39 is 0 Å². The summed E-state index contributed by atoms with van der Waals surface area (Å²) < 4.78 is 0. The van der Waals surface area contributed by atoms with E-state index in [0.29, 0.717) is 15.7 Å². The Balaban J connectivity index is 2.52. The van der Waals surface area contributed by atoms with Crippen LogP contribution in [0.5, 0.6) is 0 Å². The van der Waals surface area contributed by atoms with E-state index in [1.807, 2.05) is 13.0 Å². The Kier molecular flexibility index (Phi) is 3.82. The summed E-state index contributed by atoms with van der Waals surface area (Å²) >= 11 is 13.4. The summed E-state index contributed by atoms with van der Waals surface area (Å²) in [5, 5.41) is 1.89. The van der Waals surface area contributed by atoms with Crippen LogP contribution in [0.2, 0.25) is 10.0 Å². The molecule has 1 aromatic heterocycles. The second kappa shape index (κ2) is 5.17. The molecular formula is C12H9Cl2NOS. The van der Waals surface area contributed by atoms with E-state index >= 15 is 0 Å². The number of aryl methyl sites for hydroxylation is 1. The molecule has 0 spiro atoms. The smallest absolute Gasteiger partial charge is 0.169 e. The van der Waals surface area contributed by atoms with Crippen LogP contribution in [-0.4, -0.2) is 11.3 Å². The third kappa shape index (κ3) is 2.51. The van der Waals surface area contributed by atoms with E-state index in [4.69, 9.17) is 23.2 Å². The predicted molar refractivity (Wildman–Crippen MR) is 72.3 cm³/mol. The summed E-state index contributed by atoms with van der Waals surface area (Å²) in [4.78, 5) is 16.1. The molecule has 2 aromatic rings. The lowest BCUT2D eigenvalue weighted by molar-refractivity contribution is 0.111. The number of carbonyl (C=O) groups excluding carboxylic acids is 1. The molecule has 0 amide bonds. The van der Waals surface area contributed by atoms with Crippen LogP contribution in [0, 0.1) is 0 Å². The number of aromatic nitrogens is 1. The largest absolute Gasteiger partial charge is 0.296 e. The molecule has 1 heterocycles. The minimum Gasteiger partial charge on any atom is -0.296 e. The van der Waals surface area contributed by atoms with Gasteiger partial charge in [0.2, 0.25) is 0 Å². The van der Waals surface area contributed by atoms with Crippen molar-refractivity contribution in [3.8, 4) is 10.6 Å². The molecule has 0 N–H and O–H groups in total. The van der Waals surface area contributed by atoms with Gasteiger partial charge in [-0.05, 0) is 24.6 Å². The van der Waals surface area contributed by atoms with Crippen LogP contribution in [0.3, 0.4) is 0 Å². The fourth-order valence-corrected chi connectivity index (χ4v) is 3.05. The van der Waals surface area contributed by atoms with E-state index in [0.717, 1.165) is 28.2 Å². The highest BCUT2D eigenvalue weighted by Gasteiger charge is 2.13. The summed E-state index contributed by atoms with van der Waals surface area (Å²) in [5.74, 6) is 0. The maximum atomic E-state index is 10.9. The number of thiazole rings is 1. The van der Waals surface area contributed by atoms with E-state index in [-0.39, 0.29) is 0 Å². The zero-order chi connectivity index (χ0) is 12.4. The Morgan fingerprint density at radius 2 is 2.18 bits per heavy atom. The SMILES string of the molecule is CCc1sc(-c2ccc(Cl)cc2Cl)nc1C=O. The summed E-state index contributed by atoms with van der Waals surface area (Å²) in [5.41, 5.74) is 1.31. The highest BCUT2D eigenvalue weighted by atomic mass is 35.5. The fraction of sp³-hybridized carbons (Fsp3) is 0.167. The first-order chi connectivity index (χ1) is 8.15. The molecule has 5 heteroatoms. The van der Waals surface area contributed by atoms with E-state index in [2.05, 4.69) is 4.98 Å². The van der Waals surface area contributed by atoms with Crippen LogP contribution in [0.15, 0.2) is 18.2 Å². The van der Waals surface area contributed by atoms with Crippen LogP contribution in [0.4, 0.5) is 0 Å². The Bertz CT molecular complexity index is 566. The average molecular weight is 286 g/mol. The number of aldehydes is 1. The number of hydrogen-bond acceptors (Lipinski definition) is 3. The number of halogens is 2. The zero-order valence-electron chi connectivity index (χ0n) is 9.04. The van der Waals surface area contributed by atoms with Gasteiger partial charge in [-0.15, -0.1) is 11.3 Å². The average Bonchev–Trinajstić information content (AvgIpc) is 2.72. The van der Waals surface area contributed by atoms with Gasteiger partial charge in [0.25, 0.3) is 0 Å². The molecule has 0 aliphatic carbocycles. The van der Waals surface area contributed by atoms with Crippen molar-refractivity contribution in [2.75, 3.05) is 0 Å². The molecule has 0 aliphatic rings. The molecule has 88 valence electrons. The number of hydrogen-bond donors (Lipinski definition) is 0. The summed E-state index contributed by atoms with van der Waals surface area (Å²) in [6.07, 6.45) is 1.57. The lowest BCUT2D eigenvalue weighted by Gasteiger charge is -1.99. The van der Waals surface area contributed by atoms with Crippen molar-refractivity contribution in [3.63, 3.8) is 0 Å². The topological polar surface area (TPSA) is 30.0 Å². The van der Waals surface area contributed by atoms with Crippen LogP contribution in [0.25, 0.3) is 10.6 Å². The lowest BCUT2D eigenvalue weighted by atomic mass is 10.2. The normalized spacial score (nSPS) is 10.5. The molecule has 0 radical (unpaired) electrons. The van der Waals surface area contributed by atoms with Crippen molar-refractivity contribution in [3.05, 3.63) is 38.8 Å². The lowest BCUT2D eigenvalue weighted by Crippen LogP contribution is -1.85. The molecule has 0 fully saturated rings.